The van der Waals surface area contributed by atoms with Crippen molar-refractivity contribution in [3.63, 3.8) is 0 Å². The van der Waals surface area contributed by atoms with Crippen LogP contribution in [-0.2, 0) is 6.54 Å². The first-order valence-electron chi connectivity index (χ1n) is 8.84. The molecule has 9 heteroatoms. The van der Waals surface area contributed by atoms with Gasteiger partial charge >= 0.3 is 0 Å². The van der Waals surface area contributed by atoms with Crippen LogP contribution in [0.3, 0.4) is 0 Å². The Kier molecular flexibility index (Phi) is 8.58. The predicted octanol–water partition coefficient (Wildman–Crippen LogP) is 3.04. The minimum Gasteiger partial charge on any atom is -0.495 e. The molecule has 152 valence electrons. The van der Waals surface area contributed by atoms with Crippen molar-refractivity contribution >= 4 is 53.0 Å². The van der Waals surface area contributed by atoms with E-state index in [1.807, 2.05) is 24.4 Å². The first kappa shape index (κ1) is 22.5. The van der Waals surface area contributed by atoms with E-state index in [9.17, 15) is 0 Å². The number of nitrogens with one attached hydrogen (secondary N) is 1. The van der Waals surface area contributed by atoms with Crippen LogP contribution in [0.2, 0.25) is 5.02 Å². The van der Waals surface area contributed by atoms with Gasteiger partial charge in [-0.1, -0.05) is 17.7 Å². The standard InChI is InChI=1S/C19H25ClN6O.HI/c1-25-8-10-26(11-9-25)18-14(4-3-7-22-18)13-23-19(21)24-15-5-6-17(27-2)16(20)12-15;/h3-7,12H,8-11,13H2,1-2H3,(H3,21,23,24);1H. The zero-order valence-electron chi connectivity index (χ0n) is 16.1. The number of hydrogen-bond acceptors (Lipinski definition) is 5. The van der Waals surface area contributed by atoms with Crippen molar-refractivity contribution in [3.8, 4) is 5.75 Å². The summed E-state index contributed by atoms with van der Waals surface area (Å²) < 4.78 is 5.15. The fourth-order valence-corrected chi connectivity index (χ4v) is 3.22. The third kappa shape index (κ3) is 5.86. The van der Waals surface area contributed by atoms with Gasteiger partial charge in [-0.25, -0.2) is 9.98 Å². The smallest absolute Gasteiger partial charge is 0.193 e. The minimum absolute atomic E-state index is 0. The van der Waals surface area contributed by atoms with Gasteiger partial charge < -0.3 is 25.6 Å². The summed E-state index contributed by atoms with van der Waals surface area (Å²) in [6.07, 6.45) is 1.82. The molecule has 2 heterocycles. The van der Waals surface area contributed by atoms with Gasteiger partial charge in [0.15, 0.2) is 5.96 Å². The molecule has 0 amide bonds. The summed E-state index contributed by atoms with van der Waals surface area (Å²) in [6, 6.07) is 9.35. The van der Waals surface area contributed by atoms with E-state index < -0.39 is 0 Å². The number of pyridine rings is 1. The molecular weight excluding hydrogens is 491 g/mol. The quantitative estimate of drug-likeness (QED) is 0.361. The maximum Gasteiger partial charge on any atom is 0.193 e. The summed E-state index contributed by atoms with van der Waals surface area (Å²) in [6.45, 7) is 4.44. The van der Waals surface area contributed by atoms with E-state index in [1.54, 1.807) is 19.2 Å². The highest BCUT2D eigenvalue weighted by Gasteiger charge is 2.17. The Labute approximate surface area is 187 Å². The molecule has 28 heavy (non-hydrogen) atoms. The van der Waals surface area contributed by atoms with E-state index in [-0.39, 0.29) is 24.0 Å². The van der Waals surface area contributed by atoms with Gasteiger partial charge in [0.2, 0.25) is 0 Å². The number of rotatable bonds is 5. The zero-order valence-corrected chi connectivity index (χ0v) is 19.1. The molecule has 3 N–H and O–H groups in total. The summed E-state index contributed by atoms with van der Waals surface area (Å²) in [5.74, 6) is 1.92. The highest BCUT2D eigenvalue weighted by Crippen LogP contribution is 2.27. The number of likely N-dealkylation sites (N-methyl/N-ethyl adjacent to an activating group) is 1. The lowest BCUT2D eigenvalue weighted by Crippen LogP contribution is -2.45. The fraction of sp³-hybridized carbons (Fsp3) is 0.368. The number of ether oxygens (including phenoxy) is 1. The van der Waals surface area contributed by atoms with Gasteiger partial charge in [-0.15, -0.1) is 24.0 Å². The van der Waals surface area contributed by atoms with E-state index >= 15 is 0 Å². The molecule has 1 aromatic carbocycles. The summed E-state index contributed by atoms with van der Waals surface area (Å²) in [5, 5.41) is 3.57. The summed E-state index contributed by atoms with van der Waals surface area (Å²) >= 11 is 6.14. The molecule has 3 rings (SSSR count). The number of anilines is 2. The number of hydrogen-bond donors (Lipinski definition) is 2. The molecule has 1 fully saturated rings. The molecule has 0 unspecified atom stereocenters. The van der Waals surface area contributed by atoms with Crippen molar-refractivity contribution in [2.45, 2.75) is 6.54 Å². The van der Waals surface area contributed by atoms with Crippen LogP contribution in [0.5, 0.6) is 5.75 Å². The maximum absolute atomic E-state index is 6.14. The van der Waals surface area contributed by atoms with E-state index in [2.05, 4.69) is 32.1 Å². The largest absolute Gasteiger partial charge is 0.495 e. The highest BCUT2D eigenvalue weighted by molar-refractivity contribution is 14.0. The molecule has 0 atom stereocenters. The van der Waals surface area contributed by atoms with E-state index in [0.29, 0.717) is 23.3 Å². The third-order valence-electron chi connectivity index (χ3n) is 4.51. The highest BCUT2D eigenvalue weighted by atomic mass is 127. The number of aromatic nitrogens is 1. The fourth-order valence-electron chi connectivity index (χ4n) is 2.96. The second-order valence-corrected chi connectivity index (χ2v) is 6.86. The molecule has 0 spiro atoms. The van der Waals surface area contributed by atoms with Crippen molar-refractivity contribution < 1.29 is 4.74 Å². The molecule has 1 aromatic heterocycles. The minimum atomic E-state index is 0. The third-order valence-corrected chi connectivity index (χ3v) is 4.81. The van der Waals surface area contributed by atoms with E-state index in [4.69, 9.17) is 22.1 Å². The van der Waals surface area contributed by atoms with Crippen molar-refractivity contribution in [2.75, 3.05) is 50.6 Å². The summed E-state index contributed by atoms with van der Waals surface area (Å²) in [5.41, 5.74) is 7.86. The Balaban J connectivity index is 0.00000280. The van der Waals surface area contributed by atoms with Gasteiger partial charge in [0, 0.05) is 43.6 Å². The predicted molar refractivity (Wildman–Crippen MR) is 126 cm³/mol. The lowest BCUT2D eigenvalue weighted by molar-refractivity contribution is 0.312. The van der Waals surface area contributed by atoms with Crippen LogP contribution in [0.1, 0.15) is 5.56 Å². The van der Waals surface area contributed by atoms with Crippen molar-refractivity contribution in [2.24, 2.45) is 10.7 Å². The number of piperazine rings is 1. The number of nitrogens with two attached hydrogens (primary N) is 1. The molecule has 0 aliphatic carbocycles. The Hall–Kier alpha value is -1.78. The Morgan fingerprint density at radius 3 is 2.71 bits per heavy atom. The lowest BCUT2D eigenvalue weighted by Gasteiger charge is -2.34. The number of methoxy groups -OCH3 is 1. The number of halogens is 2. The van der Waals surface area contributed by atoms with Crippen LogP contribution in [0.25, 0.3) is 0 Å². The molecule has 0 radical (unpaired) electrons. The topological polar surface area (TPSA) is 79.0 Å². The average Bonchev–Trinajstić information content (AvgIpc) is 2.67. The first-order chi connectivity index (χ1) is 13.1. The van der Waals surface area contributed by atoms with Gasteiger partial charge in [0.1, 0.15) is 11.6 Å². The molecule has 1 saturated heterocycles. The number of aliphatic imine (C=N–C) groups is 1. The number of benzene rings is 1. The SMILES string of the molecule is COc1ccc(NC(N)=NCc2cccnc2N2CCN(C)CC2)cc1Cl.I. The average molecular weight is 517 g/mol. The van der Waals surface area contributed by atoms with Crippen LogP contribution >= 0.6 is 35.6 Å². The summed E-state index contributed by atoms with van der Waals surface area (Å²) in [4.78, 5) is 13.7. The van der Waals surface area contributed by atoms with E-state index in [1.165, 1.54) is 0 Å². The van der Waals surface area contributed by atoms with Gasteiger partial charge in [0.25, 0.3) is 0 Å². The van der Waals surface area contributed by atoms with Crippen LogP contribution in [0.15, 0.2) is 41.5 Å². The van der Waals surface area contributed by atoms with Gasteiger partial charge in [-0.2, -0.15) is 0 Å². The number of nitrogens with zero attached hydrogens (tertiary/aromatic N) is 4. The van der Waals surface area contributed by atoms with Crippen LogP contribution in [0, 0.1) is 0 Å². The van der Waals surface area contributed by atoms with Crippen LogP contribution < -0.4 is 20.7 Å². The number of guanidine groups is 1. The first-order valence-corrected chi connectivity index (χ1v) is 9.22. The van der Waals surface area contributed by atoms with Crippen LogP contribution in [0.4, 0.5) is 11.5 Å². The Morgan fingerprint density at radius 2 is 2.04 bits per heavy atom. The molecular formula is C19H26ClIN6O. The maximum atomic E-state index is 6.14. The molecule has 7 nitrogen and oxygen atoms in total. The zero-order chi connectivity index (χ0) is 19.2. The lowest BCUT2D eigenvalue weighted by atomic mass is 10.2. The van der Waals surface area contributed by atoms with Crippen molar-refractivity contribution in [1.29, 1.82) is 0 Å². The molecule has 0 bridgehead atoms. The van der Waals surface area contributed by atoms with Gasteiger partial charge in [-0.3, -0.25) is 0 Å². The molecule has 0 saturated carbocycles. The Morgan fingerprint density at radius 1 is 1.29 bits per heavy atom. The molecule has 2 aromatic rings. The van der Waals surface area contributed by atoms with Gasteiger partial charge in [0.05, 0.1) is 18.7 Å². The van der Waals surface area contributed by atoms with Crippen molar-refractivity contribution in [1.82, 2.24) is 9.88 Å². The van der Waals surface area contributed by atoms with Crippen LogP contribution in [-0.4, -0.2) is 56.2 Å². The van der Waals surface area contributed by atoms with Crippen molar-refractivity contribution in [3.05, 3.63) is 47.1 Å². The normalized spacial score (nSPS) is 15.1. The molecule has 1 aliphatic rings. The molecule has 1 aliphatic heterocycles. The second-order valence-electron chi connectivity index (χ2n) is 6.45. The second kappa shape index (κ2) is 10.7. The Bertz CT molecular complexity index is 811. The van der Waals surface area contributed by atoms with Gasteiger partial charge in [-0.05, 0) is 31.3 Å². The summed E-state index contributed by atoms with van der Waals surface area (Å²) in [7, 11) is 3.72. The monoisotopic (exact) mass is 516 g/mol. The van der Waals surface area contributed by atoms with E-state index in [0.717, 1.165) is 43.2 Å².